The molecule has 2 heterocycles. The van der Waals surface area contributed by atoms with Crippen LogP contribution >= 0.6 is 0 Å². The van der Waals surface area contributed by atoms with E-state index < -0.39 is 0 Å². The van der Waals surface area contributed by atoms with E-state index >= 15 is 0 Å². The molecule has 0 unspecified atom stereocenters. The summed E-state index contributed by atoms with van der Waals surface area (Å²) in [6.07, 6.45) is 9.09. The fourth-order valence-electron chi connectivity index (χ4n) is 3.90. The highest BCUT2D eigenvalue weighted by atomic mass is 19.1. The number of rotatable bonds is 4. The van der Waals surface area contributed by atoms with E-state index in [1.807, 2.05) is 19.3 Å². The van der Waals surface area contributed by atoms with Crippen LogP contribution in [0.2, 0.25) is 0 Å². The maximum absolute atomic E-state index is 14.6. The van der Waals surface area contributed by atoms with Gasteiger partial charge in [-0.25, -0.2) is 9.37 Å². The van der Waals surface area contributed by atoms with Crippen LogP contribution in [0.5, 0.6) is 0 Å². The van der Waals surface area contributed by atoms with Crippen LogP contribution in [0.4, 0.5) is 4.39 Å². The van der Waals surface area contributed by atoms with Gasteiger partial charge in [-0.15, -0.1) is 0 Å². The number of aromatic amines is 1. The number of aromatic nitrogens is 3. The minimum atomic E-state index is -0.357. The van der Waals surface area contributed by atoms with Crippen LogP contribution in [0.3, 0.4) is 0 Å². The Morgan fingerprint density at radius 2 is 2.04 bits per heavy atom. The maximum atomic E-state index is 14.6. The van der Waals surface area contributed by atoms with E-state index in [1.165, 1.54) is 12.4 Å². The first-order valence-electron chi connectivity index (χ1n) is 9.43. The van der Waals surface area contributed by atoms with Crippen molar-refractivity contribution >= 4 is 11.9 Å². The van der Waals surface area contributed by atoms with Crippen LogP contribution < -0.4 is 0 Å². The van der Waals surface area contributed by atoms with Gasteiger partial charge in [-0.2, -0.15) is 5.10 Å². The quantitative estimate of drug-likeness (QED) is 0.868. The summed E-state index contributed by atoms with van der Waals surface area (Å²) < 4.78 is 14.6. The smallest absolute Gasteiger partial charge is 0.183 e. The maximum Gasteiger partial charge on any atom is 0.183 e. The lowest BCUT2D eigenvalue weighted by molar-refractivity contribution is 0.101. The van der Waals surface area contributed by atoms with Gasteiger partial charge in [-0.1, -0.05) is 0 Å². The summed E-state index contributed by atoms with van der Waals surface area (Å²) in [5.74, 6) is 0.581. The Bertz CT molecular complexity index is 854. The summed E-state index contributed by atoms with van der Waals surface area (Å²) in [4.78, 5) is 10.8. The topological polar surface area (TPSA) is 77.4 Å². The Hall–Kier alpha value is -2.54. The fourth-order valence-corrected chi connectivity index (χ4v) is 3.90. The molecule has 27 heavy (non-hydrogen) atoms. The minimum absolute atomic E-state index is 0.136. The molecule has 2 aliphatic rings. The molecule has 4 rings (SSSR count). The zero-order chi connectivity index (χ0) is 18.8. The standard InChI is InChI=1S/C20H24FN5O/c1-13-8-17(20-23-12-24-25-20)18(21)9-16(13)19-11-26(7-6-22-19)10-14-2-4-15(27)5-3-14/h6,8-9,11-12,14-15,27H,2-5,7,10H2,1H3,(H,23,24,25)/t14-,15-. The molecule has 7 heteroatoms. The number of aliphatic hydroxyl groups is 1. The molecule has 0 amide bonds. The van der Waals surface area contributed by atoms with Gasteiger partial charge in [0, 0.05) is 24.5 Å². The van der Waals surface area contributed by atoms with E-state index in [0.717, 1.165) is 55.6 Å². The molecule has 1 aromatic heterocycles. The third-order valence-electron chi connectivity index (χ3n) is 5.41. The van der Waals surface area contributed by atoms with Gasteiger partial charge in [0.1, 0.15) is 12.1 Å². The van der Waals surface area contributed by atoms with E-state index in [2.05, 4.69) is 25.1 Å². The van der Waals surface area contributed by atoms with Gasteiger partial charge in [0.15, 0.2) is 5.82 Å². The highest BCUT2D eigenvalue weighted by molar-refractivity contribution is 5.79. The molecule has 0 radical (unpaired) electrons. The third kappa shape index (κ3) is 3.93. The van der Waals surface area contributed by atoms with Gasteiger partial charge in [-0.05, 0) is 56.2 Å². The van der Waals surface area contributed by atoms with Crippen molar-refractivity contribution in [1.29, 1.82) is 0 Å². The number of aliphatic imine (C=N–C) groups is 1. The van der Waals surface area contributed by atoms with Crippen molar-refractivity contribution < 1.29 is 9.50 Å². The summed E-state index contributed by atoms with van der Waals surface area (Å²) in [7, 11) is 0. The summed E-state index contributed by atoms with van der Waals surface area (Å²) in [5, 5.41) is 16.3. The molecule has 0 atom stereocenters. The lowest BCUT2D eigenvalue weighted by Gasteiger charge is -2.31. The van der Waals surface area contributed by atoms with Crippen molar-refractivity contribution in [2.75, 3.05) is 13.1 Å². The number of benzene rings is 1. The van der Waals surface area contributed by atoms with Gasteiger partial charge < -0.3 is 10.0 Å². The predicted octanol–water partition coefficient (Wildman–Crippen LogP) is 3.16. The summed E-state index contributed by atoms with van der Waals surface area (Å²) in [6, 6.07) is 3.29. The molecule has 6 nitrogen and oxygen atoms in total. The molecule has 142 valence electrons. The number of halogens is 1. The fraction of sp³-hybridized carbons (Fsp3) is 0.450. The molecule has 2 aromatic rings. The van der Waals surface area contributed by atoms with Crippen LogP contribution in [0.25, 0.3) is 17.1 Å². The van der Waals surface area contributed by atoms with E-state index in [4.69, 9.17) is 0 Å². The molecular weight excluding hydrogens is 345 g/mol. The molecule has 0 spiro atoms. The molecule has 0 saturated heterocycles. The van der Waals surface area contributed by atoms with Crippen molar-refractivity contribution in [2.45, 2.75) is 38.7 Å². The number of nitrogens with zero attached hydrogens (tertiary/aromatic N) is 4. The van der Waals surface area contributed by atoms with E-state index in [-0.39, 0.29) is 11.9 Å². The first-order chi connectivity index (χ1) is 13.1. The molecule has 1 aromatic carbocycles. The Balaban J connectivity index is 1.54. The molecule has 1 saturated carbocycles. The third-order valence-corrected chi connectivity index (χ3v) is 5.41. The average Bonchev–Trinajstić information content (AvgIpc) is 3.20. The zero-order valence-corrected chi connectivity index (χ0v) is 15.4. The van der Waals surface area contributed by atoms with Gasteiger partial charge in [0.05, 0.1) is 23.9 Å². The highest BCUT2D eigenvalue weighted by Gasteiger charge is 2.22. The van der Waals surface area contributed by atoms with Crippen molar-refractivity contribution in [3.63, 3.8) is 0 Å². The van der Waals surface area contributed by atoms with Gasteiger partial charge in [0.25, 0.3) is 0 Å². The Morgan fingerprint density at radius 1 is 1.22 bits per heavy atom. The van der Waals surface area contributed by atoms with E-state index in [9.17, 15) is 9.50 Å². The number of aliphatic hydroxyl groups excluding tert-OH is 1. The molecule has 0 bridgehead atoms. The zero-order valence-electron chi connectivity index (χ0n) is 15.4. The van der Waals surface area contributed by atoms with Crippen molar-refractivity contribution in [1.82, 2.24) is 20.1 Å². The van der Waals surface area contributed by atoms with Crippen molar-refractivity contribution in [3.8, 4) is 11.4 Å². The van der Waals surface area contributed by atoms with Crippen LogP contribution in [0, 0.1) is 18.7 Å². The van der Waals surface area contributed by atoms with E-state index in [1.54, 1.807) is 6.07 Å². The first kappa shape index (κ1) is 17.9. The van der Waals surface area contributed by atoms with Crippen LogP contribution in [-0.4, -0.2) is 50.6 Å². The lowest BCUT2D eigenvalue weighted by atomic mass is 9.87. The second-order valence-corrected chi connectivity index (χ2v) is 7.42. The summed E-state index contributed by atoms with van der Waals surface area (Å²) in [6.45, 7) is 3.65. The second-order valence-electron chi connectivity index (χ2n) is 7.42. The predicted molar refractivity (Wildman–Crippen MR) is 103 cm³/mol. The number of nitrogens with one attached hydrogen (secondary N) is 1. The van der Waals surface area contributed by atoms with Crippen molar-refractivity contribution in [2.24, 2.45) is 10.9 Å². The largest absolute Gasteiger partial charge is 0.393 e. The SMILES string of the molecule is Cc1cc(-c2nc[nH]n2)c(F)cc1C1=CN(C[C@H]2CC[C@H](O)CC2)CC=N1. The number of hydrogen-bond donors (Lipinski definition) is 2. The highest BCUT2D eigenvalue weighted by Crippen LogP contribution is 2.30. The summed E-state index contributed by atoms with van der Waals surface area (Å²) in [5.41, 5.74) is 2.87. The molecule has 2 N–H and O–H groups in total. The van der Waals surface area contributed by atoms with Crippen LogP contribution in [-0.2, 0) is 0 Å². The lowest BCUT2D eigenvalue weighted by Crippen LogP contribution is -2.31. The van der Waals surface area contributed by atoms with Gasteiger partial charge in [-0.3, -0.25) is 10.1 Å². The number of aryl methyl sites for hydroxylation is 1. The minimum Gasteiger partial charge on any atom is -0.393 e. The molecule has 1 fully saturated rings. The van der Waals surface area contributed by atoms with Crippen LogP contribution in [0.15, 0.2) is 29.7 Å². The molecule has 1 aliphatic carbocycles. The van der Waals surface area contributed by atoms with E-state index in [0.29, 0.717) is 17.3 Å². The summed E-state index contributed by atoms with van der Waals surface area (Å²) >= 11 is 0. The monoisotopic (exact) mass is 369 g/mol. The van der Waals surface area contributed by atoms with Gasteiger partial charge in [0.2, 0.25) is 0 Å². The average molecular weight is 369 g/mol. The molecule has 1 aliphatic heterocycles. The Morgan fingerprint density at radius 3 is 2.78 bits per heavy atom. The second kappa shape index (κ2) is 7.60. The van der Waals surface area contributed by atoms with Crippen LogP contribution in [0.1, 0.15) is 36.8 Å². The first-order valence-corrected chi connectivity index (χ1v) is 9.43. The Kier molecular flexibility index (Phi) is 5.03. The van der Waals surface area contributed by atoms with Gasteiger partial charge >= 0.3 is 0 Å². The number of hydrogen-bond acceptors (Lipinski definition) is 5. The Labute approximate surface area is 157 Å². The number of H-pyrrole nitrogens is 1. The normalized spacial score (nSPS) is 22.8. The van der Waals surface area contributed by atoms with Crippen molar-refractivity contribution in [3.05, 3.63) is 41.6 Å². The molecular formula is C20H24FN5O.